The van der Waals surface area contributed by atoms with E-state index in [-0.39, 0.29) is 17.8 Å². The van der Waals surface area contributed by atoms with Crippen molar-refractivity contribution in [1.82, 2.24) is 9.80 Å². The zero-order chi connectivity index (χ0) is 15.4. The van der Waals surface area contributed by atoms with Crippen LogP contribution in [0.15, 0.2) is 24.3 Å². The molecule has 0 aliphatic carbocycles. The lowest BCUT2D eigenvalue weighted by atomic mass is 10.0. The van der Waals surface area contributed by atoms with Gasteiger partial charge < -0.3 is 4.90 Å². The summed E-state index contributed by atoms with van der Waals surface area (Å²) < 4.78 is 13.0. The predicted octanol–water partition coefficient (Wildman–Crippen LogP) is 3.22. The molecule has 2 atom stereocenters. The van der Waals surface area contributed by atoms with E-state index >= 15 is 0 Å². The van der Waals surface area contributed by atoms with Crippen molar-refractivity contribution in [3.63, 3.8) is 0 Å². The molecule has 0 bridgehead atoms. The predicted molar refractivity (Wildman–Crippen MR) is 82.5 cm³/mol. The van der Waals surface area contributed by atoms with Crippen LogP contribution in [0.2, 0.25) is 0 Å². The number of likely N-dealkylation sites (tertiary alicyclic amines) is 1. The molecule has 3 nitrogen and oxygen atoms in total. The Morgan fingerprint density at radius 3 is 2.67 bits per heavy atom. The summed E-state index contributed by atoms with van der Waals surface area (Å²) in [5, 5.41) is 0. The van der Waals surface area contributed by atoms with Crippen LogP contribution in [0.3, 0.4) is 0 Å². The maximum Gasteiger partial charge on any atom is 0.236 e. The first-order valence-corrected chi connectivity index (χ1v) is 7.74. The minimum Gasteiger partial charge on any atom is -0.339 e. The van der Waals surface area contributed by atoms with Gasteiger partial charge in [0.2, 0.25) is 5.91 Å². The summed E-state index contributed by atoms with van der Waals surface area (Å²) in [5.41, 5.74) is 1.03. The van der Waals surface area contributed by atoms with Gasteiger partial charge in [-0.25, -0.2) is 4.39 Å². The van der Waals surface area contributed by atoms with Crippen LogP contribution in [0.5, 0.6) is 0 Å². The van der Waals surface area contributed by atoms with Gasteiger partial charge >= 0.3 is 0 Å². The number of likely N-dealkylation sites (N-methyl/N-ethyl adjacent to an activating group) is 1. The minimum atomic E-state index is -0.230. The molecule has 0 saturated carbocycles. The maximum atomic E-state index is 13.0. The number of halogens is 1. The molecule has 0 aromatic heterocycles. The molecular formula is C17H25FN2O. The van der Waals surface area contributed by atoms with E-state index in [0.29, 0.717) is 12.6 Å². The molecule has 1 aromatic carbocycles. The second kappa shape index (κ2) is 7.03. The zero-order valence-corrected chi connectivity index (χ0v) is 13.2. The third kappa shape index (κ3) is 4.03. The first kappa shape index (κ1) is 16.0. The molecule has 116 valence electrons. The standard InChI is InChI=1S/C17H25FN2O/c1-13-6-4-5-11-20(13)17(21)12-19(3)14(2)15-7-9-16(18)10-8-15/h7-10,13-14H,4-6,11-12H2,1-3H3. The van der Waals surface area contributed by atoms with E-state index in [0.717, 1.165) is 24.9 Å². The fourth-order valence-electron chi connectivity index (χ4n) is 2.91. The van der Waals surface area contributed by atoms with Gasteiger partial charge in [0.25, 0.3) is 0 Å². The Hall–Kier alpha value is -1.42. The molecule has 0 radical (unpaired) electrons. The molecule has 1 fully saturated rings. The van der Waals surface area contributed by atoms with Crippen LogP contribution in [0.1, 0.15) is 44.7 Å². The number of benzene rings is 1. The van der Waals surface area contributed by atoms with Gasteiger partial charge in [-0.2, -0.15) is 0 Å². The molecular weight excluding hydrogens is 267 g/mol. The highest BCUT2D eigenvalue weighted by Crippen LogP contribution is 2.21. The molecule has 1 heterocycles. The third-order valence-corrected chi connectivity index (χ3v) is 4.52. The van der Waals surface area contributed by atoms with Crippen molar-refractivity contribution in [3.8, 4) is 0 Å². The number of amides is 1. The second-order valence-corrected chi connectivity index (χ2v) is 6.07. The Morgan fingerprint density at radius 1 is 1.38 bits per heavy atom. The average Bonchev–Trinajstić information content (AvgIpc) is 2.47. The number of nitrogens with zero attached hydrogens (tertiary/aromatic N) is 2. The molecule has 1 amide bonds. The van der Waals surface area contributed by atoms with Crippen molar-refractivity contribution in [2.45, 2.75) is 45.2 Å². The summed E-state index contributed by atoms with van der Waals surface area (Å²) in [6.07, 6.45) is 3.42. The van der Waals surface area contributed by atoms with Crippen LogP contribution in [-0.4, -0.2) is 41.9 Å². The Kier molecular flexibility index (Phi) is 5.34. The topological polar surface area (TPSA) is 23.6 Å². The molecule has 2 rings (SSSR count). The normalized spacial score (nSPS) is 20.6. The van der Waals surface area contributed by atoms with Crippen LogP contribution in [0, 0.1) is 5.82 Å². The van der Waals surface area contributed by atoms with Gasteiger partial charge in [-0.15, -0.1) is 0 Å². The van der Waals surface area contributed by atoms with Gasteiger partial charge in [-0.05, 0) is 57.9 Å². The first-order valence-electron chi connectivity index (χ1n) is 7.74. The molecule has 21 heavy (non-hydrogen) atoms. The van der Waals surface area contributed by atoms with Crippen molar-refractivity contribution < 1.29 is 9.18 Å². The lowest BCUT2D eigenvalue weighted by molar-refractivity contribution is -0.135. The smallest absolute Gasteiger partial charge is 0.236 e. The van der Waals surface area contributed by atoms with Crippen molar-refractivity contribution >= 4 is 5.91 Å². The molecule has 1 aliphatic rings. The SMILES string of the molecule is CC(c1ccc(F)cc1)N(C)CC(=O)N1CCCCC1C. The Labute approximate surface area is 126 Å². The van der Waals surface area contributed by atoms with Gasteiger partial charge in [-0.1, -0.05) is 12.1 Å². The van der Waals surface area contributed by atoms with Crippen LogP contribution >= 0.6 is 0 Å². The highest BCUT2D eigenvalue weighted by molar-refractivity contribution is 5.78. The highest BCUT2D eigenvalue weighted by Gasteiger charge is 2.25. The summed E-state index contributed by atoms with van der Waals surface area (Å²) >= 11 is 0. The minimum absolute atomic E-state index is 0.0923. The first-order chi connectivity index (χ1) is 9.99. The monoisotopic (exact) mass is 292 g/mol. The van der Waals surface area contributed by atoms with Gasteiger partial charge in [0.15, 0.2) is 0 Å². The van der Waals surface area contributed by atoms with Gasteiger partial charge in [0.05, 0.1) is 6.54 Å². The number of piperidine rings is 1. The van der Waals surface area contributed by atoms with Crippen molar-refractivity contribution in [3.05, 3.63) is 35.6 Å². The van der Waals surface area contributed by atoms with E-state index in [4.69, 9.17) is 0 Å². The molecule has 1 saturated heterocycles. The molecule has 1 aromatic rings. The van der Waals surface area contributed by atoms with Crippen LogP contribution in [0.25, 0.3) is 0 Å². The van der Waals surface area contributed by atoms with E-state index in [2.05, 4.69) is 6.92 Å². The molecule has 2 unspecified atom stereocenters. The summed E-state index contributed by atoms with van der Waals surface area (Å²) in [7, 11) is 1.94. The number of carbonyl (C=O) groups excluding carboxylic acids is 1. The fourth-order valence-corrected chi connectivity index (χ4v) is 2.91. The maximum absolute atomic E-state index is 13.0. The van der Waals surface area contributed by atoms with Gasteiger partial charge in [0.1, 0.15) is 5.82 Å². The number of carbonyl (C=O) groups is 1. The van der Waals surface area contributed by atoms with Gasteiger partial charge in [0, 0.05) is 18.6 Å². The highest BCUT2D eigenvalue weighted by atomic mass is 19.1. The number of hydrogen-bond donors (Lipinski definition) is 0. The number of rotatable bonds is 4. The van der Waals surface area contributed by atoms with Crippen molar-refractivity contribution in [1.29, 1.82) is 0 Å². The van der Waals surface area contributed by atoms with E-state index in [1.54, 1.807) is 12.1 Å². The van der Waals surface area contributed by atoms with Gasteiger partial charge in [-0.3, -0.25) is 9.69 Å². The van der Waals surface area contributed by atoms with Crippen molar-refractivity contribution in [2.24, 2.45) is 0 Å². The third-order valence-electron chi connectivity index (χ3n) is 4.52. The lowest BCUT2D eigenvalue weighted by Crippen LogP contribution is -2.46. The molecule has 0 spiro atoms. The van der Waals surface area contributed by atoms with E-state index in [1.807, 2.05) is 23.8 Å². The Bertz CT molecular complexity index is 474. The van der Waals surface area contributed by atoms with E-state index in [1.165, 1.54) is 18.6 Å². The average molecular weight is 292 g/mol. The van der Waals surface area contributed by atoms with Crippen LogP contribution < -0.4 is 0 Å². The summed E-state index contributed by atoms with van der Waals surface area (Å²) in [6.45, 7) is 5.45. The zero-order valence-electron chi connectivity index (χ0n) is 13.2. The molecule has 1 aliphatic heterocycles. The Balaban J connectivity index is 1.95. The quantitative estimate of drug-likeness (QED) is 0.850. The van der Waals surface area contributed by atoms with Crippen LogP contribution in [-0.2, 0) is 4.79 Å². The van der Waals surface area contributed by atoms with Crippen LogP contribution in [0.4, 0.5) is 4.39 Å². The molecule has 4 heteroatoms. The summed E-state index contributed by atoms with van der Waals surface area (Å²) in [4.78, 5) is 16.5. The lowest BCUT2D eigenvalue weighted by Gasteiger charge is -2.35. The van der Waals surface area contributed by atoms with E-state index in [9.17, 15) is 9.18 Å². The van der Waals surface area contributed by atoms with E-state index < -0.39 is 0 Å². The summed E-state index contributed by atoms with van der Waals surface area (Å²) in [6, 6.07) is 6.94. The number of hydrogen-bond acceptors (Lipinski definition) is 2. The molecule has 0 N–H and O–H groups in total. The fraction of sp³-hybridized carbons (Fsp3) is 0.588. The Morgan fingerprint density at radius 2 is 2.05 bits per heavy atom. The largest absolute Gasteiger partial charge is 0.339 e. The van der Waals surface area contributed by atoms with Crippen molar-refractivity contribution in [2.75, 3.05) is 20.1 Å². The summed E-state index contributed by atoms with van der Waals surface area (Å²) in [5.74, 6) is -0.0366. The second-order valence-electron chi connectivity index (χ2n) is 6.07.